The van der Waals surface area contributed by atoms with Crippen LogP contribution in [0.2, 0.25) is 0 Å². The summed E-state index contributed by atoms with van der Waals surface area (Å²) in [5.41, 5.74) is 0. The molecule has 0 bridgehead atoms. The number of rotatable bonds is 6. The van der Waals surface area contributed by atoms with E-state index >= 15 is 0 Å². The fourth-order valence-corrected chi connectivity index (χ4v) is 2.07. The van der Waals surface area contributed by atoms with Crippen LogP contribution in [-0.2, 0) is 4.74 Å². The van der Waals surface area contributed by atoms with Crippen LogP contribution in [0.5, 0.6) is 0 Å². The monoisotopic (exact) mass is 183 g/mol. The zero-order valence-corrected chi connectivity index (χ0v) is 8.75. The van der Waals surface area contributed by atoms with Gasteiger partial charge in [0.25, 0.3) is 0 Å². The standard InChI is InChI=1S/C11H21NO/c1-8(9-3-4-9)12-11(7-13-2)10-5-6-10/h8-12H,3-7H2,1-2H3. The quantitative estimate of drug-likeness (QED) is 0.678. The van der Waals surface area contributed by atoms with Crippen molar-refractivity contribution in [3.05, 3.63) is 0 Å². The maximum Gasteiger partial charge on any atom is 0.0618 e. The molecule has 2 fully saturated rings. The number of hydrogen-bond acceptors (Lipinski definition) is 2. The molecule has 0 radical (unpaired) electrons. The Kier molecular flexibility index (Phi) is 2.89. The Balaban J connectivity index is 1.73. The lowest BCUT2D eigenvalue weighted by Crippen LogP contribution is -2.42. The molecule has 2 saturated carbocycles. The van der Waals surface area contributed by atoms with E-state index < -0.39 is 0 Å². The summed E-state index contributed by atoms with van der Waals surface area (Å²) in [6.45, 7) is 3.21. The normalized spacial score (nSPS) is 27.2. The van der Waals surface area contributed by atoms with Crippen LogP contribution in [-0.4, -0.2) is 25.8 Å². The predicted molar refractivity (Wildman–Crippen MR) is 53.7 cm³/mol. The van der Waals surface area contributed by atoms with Crippen molar-refractivity contribution >= 4 is 0 Å². The van der Waals surface area contributed by atoms with E-state index in [9.17, 15) is 0 Å². The molecule has 0 amide bonds. The highest BCUT2D eigenvalue weighted by molar-refractivity contribution is 4.91. The third-order valence-corrected chi connectivity index (χ3v) is 3.34. The van der Waals surface area contributed by atoms with Gasteiger partial charge in [0.05, 0.1) is 6.61 Å². The van der Waals surface area contributed by atoms with Crippen LogP contribution in [0.25, 0.3) is 0 Å². The molecule has 2 aliphatic carbocycles. The van der Waals surface area contributed by atoms with Crippen molar-refractivity contribution in [3.63, 3.8) is 0 Å². The first kappa shape index (κ1) is 9.47. The minimum Gasteiger partial charge on any atom is -0.383 e. The molecule has 0 aromatic rings. The van der Waals surface area contributed by atoms with Crippen molar-refractivity contribution in [2.75, 3.05) is 13.7 Å². The van der Waals surface area contributed by atoms with Crippen LogP contribution in [0.4, 0.5) is 0 Å². The molecule has 2 atom stereocenters. The Hall–Kier alpha value is -0.0800. The lowest BCUT2D eigenvalue weighted by molar-refractivity contribution is 0.150. The Morgan fingerprint density at radius 1 is 1.23 bits per heavy atom. The summed E-state index contributed by atoms with van der Waals surface area (Å²) in [4.78, 5) is 0. The Morgan fingerprint density at radius 2 is 1.85 bits per heavy atom. The molecule has 0 aliphatic heterocycles. The number of nitrogens with one attached hydrogen (secondary N) is 1. The highest BCUT2D eigenvalue weighted by atomic mass is 16.5. The molecule has 0 spiro atoms. The molecule has 2 nitrogen and oxygen atoms in total. The van der Waals surface area contributed by atoms with Gasteiger partial charge in [-0.1, -0.05) is 0 Å². The molecular weight excluding hydrogens is 162 g/mol. The molecule has 1 N–H and O–H groups in total. The van der Waals surface area contributed by atoms with E-state index in [1.54, 1.807) is 7.11 Å². The van der Waals surface area contributed by atoms with Crippen molar-refractivity contribution in [2.24, 2.45) is 11.8 Å². The third-order valence-electron chi connectivity index (χ3n) is 3.34. The predicted octanol–water partition coefficient (Wildman–Crippen LogP) is 1.80. The van der Waals surface area contributed by atoms with Crippen molar-refractivity contribution < 1.29 is 4.74 Å². The molecule has 0 saturated heterocycles. The lowest BCUT2D eigenvalue weighted by atomic mass is 10.1. The zero-order chi connectivity index (χ0) is 9.26. The second kappa shape index (κ2) is 3.97. The van der Waals surface area contributed by atoms with Crippen LogP contribution < -0.4 is 5.32 Å². The molecule has 0 heterocycles. The number of ether oxygens (including phenoxy) is 1. The van der Waals surface area contributed by atoms with Crippen molar-refractivity contribution in [3.8, 4) is 0 Å². The van der Waals surface area contributed by atoms with Gasteiger partial charge in [0.1, 0.15) is 0 Å². The molecular formula is C11H21NO. The minimum absolute atomic E-state index is 0.626. The van der Waals surface area contributed by atoms with Crippen molar-refractivity contribution in [2.45, 2.75) is 44.7 Å². The summed E-state index contributed by atoms with van der Waals surface area (Å²) in [5.74, 6) is 1.86. The van der Waals surface area contributed by atoms with E-state index in [-0.39, 0.29) is 0 Å². The van der Waals surface area contributed by atoms with Gasteiger partial charge in [-0.2, -0.15) is 0 Å². The van der Waals surface area contributed by atoms with E-state index in [2.05, 4.69) is 12.2 Å². The Morgan fingerprint density at radius 3 is 2.31 bits per heavy atom. The van der Waals surface area contributed by atoms with E-state index in [0.29, 0.717) is 12.1 Å². The van der Waals surface area contributed by atoms with Crippen molar-refractivity contribution in [1.82, 2.24) is 5.32 Å². The first-order chi connectivity index (χ1) is 6.31. The number of methoxy groups -OCH3 is 1. The van der Waals surface area contributed by atoms with Gasteiger partial charge in [-0.25, -0.2) is 0 Å². The van der Waals surface area contributed by atoms with Gasteiger partial charge < -0.3 is 10.1 Å². The Labute approximate surface area is 81.0 Å². The molecule has 0 aromatic carbocycles. The Bertz CT molecular complexity index is 163. The molecule has 0 aromatic heterocycles. The summed E-state index contributed by atoms with van der Waals surface area (Å²) in [6.07, 6.45) is 5.66. The van der Waals surface area contributed by atoms with Crippen LogP contribution >= 0.6 is 0 Å². The lowest BCUT2D eigenvalue weighted by Gasteiger charge is -2.22. The second-order valence-corrected chi connectivity index (χ2v) is 4.69. The van der Waals surface area contributed by atoms with Gasteiger partial charge in [-0.15, -0.1) is 0 Å². The van der Waals surface area contributed by atoms with E-state index in [0.717, 1.165) is 18.4 Å². The molecule has 2 unspecified atom stereocenters. The zero-order valence-electron chi connectivity index (χ0n) is 8.75. The SMILES string of the molecule is COCC(NC(C)C1CC1)C1CC1. The van der Waals surface area contributed by atoms with Gasteiger partial charge in [0, 0.05) is 19.2 Å². The molecule has 76 valence electrons. The number of hydrogen-bond donors (Lipinski definition) is 1. The molecule has 2 heteroatoms. The van der Waals surface area contributed by atoms with Crippen molar-refractivity contribution in [1.29, 1.82) is 0 Å². The van der Waals surface area contributed by atoms with Gasteiger partial charge in [-0.05, 0) is 44.4 Å². The smallest absolute Gasteiger partial charge is 0.0618 e. The largest absolute Gasteiger partial charge is 0.383 e. The van der Waals surface area contributed by atoms with Gasteiger partial charge in [-0.3, -0.25) is 0 Å². The first-order valence-electron chi connectivity index (χ1n) is 5.56. The topological polar surface area (TPSA) is 21.3 Å². The fraction of sp³-hybridized carbons (Fsp3) is 1.00. The van der Waals surface area contributed by atoms with Gasteiger partial charge >= 0.3 is 0 Å². The first-order valence-corrected chi connectivity index (χ1v) is 5.56. The summed E-state index contributed by atoms with van der Waals surface area (Å²) < 4.78 is 5.24. The van der Waals surface area contributed by atoms with Gasteiger partial charge in [0.2, 0.25) is 0 Å². The van der Waals surface area contributed by atoms with Crippen LogP contribution in [0.1, 0.15) is 32.6 Å². The summed E-state index contributed by atoms with van der Waals surface area (Å²) >= 11 is 0. The summed E-state index contributed by atoms with van der Waals surface area (Å²) in [5, 5.41) is 3.72. The highest BCUT2D eigenvalue weighted by Crippen LogP contribution is 2.36. The summed E-state index contributed by atoms with van der Waals surface area (Å²) in [7, 11) is 1.80. The molecule has 13 heavy (non-hydrogen) atoms. The van der Waals surface area contributed by atoms with Crippen LogP contribution in [0.15, 0.2) is 0 Å². The minimum atomic E-state index is 0.626. The highest BCUT2D eigenvalue weighted by Gasteiger charge is 2.35. The average Bonchev–Trinajstić information content (AvgIpc) is 2.96. The second-order valence-electron chi connectivity index (χ2n) is 4.69. The fourth-order valence-electron chi connectivity index (χ4n) is 2.07. The maximum absolute atomic E-state index is 5.24. The van der Waals surface area contributed by atoms with Crippen LogP contribution in [0.3, 0.4) is 0 Å². The van der Waals surface area contributed by atoms with E-state index in [1.807, 2.05) is 0 Å². The summed E-state index contributed by atoms with van der Waals surface area (Å²) in [6, 6.07) is 1.33. The third kappa shape index (κ3) is 2.68. The average molecular weight is 183 g/mol. The molecule has 2 rings (SSSR count). The van der Waals surface area contributed by atoms with Gasteiger partial charge in [0.15, 0.2) is 0 Å². The maximum atomic E-state index is 5.24. The van der Waals surface area contributed by atoms with E-state index in [4.69, 9.17) is 4.74 Å². The molecule has 2 aliphatic rings. The van der Waals surface area contributed by atoms with Crippen LogP contribution in [0, 0.1) is 11.8 Å². The van der Waals surface area contributed by atoms with E-state index in [1.165, 1.54) is 25.7 Å².